The van der Waals surface area contributed by atoms with Gasteiger partial charge in [0.05, 0.1) is 11.9 Å². The molecule has 0 saturated heterocycles. The first-order chi connectivity index (χ1) is 13.4. The van der Waals surface area contributed by atoms with E-state index >= 15 is 0 Å². The smallest absolute Gasteiger partial charge is 0.209 e. The first-order valence-electron chi connectivity index (χ1n) is 8.10. The number of nitrogens with one attached hydrogen (secondary N) is 1. The van der Waals surface area contributed by atoms with Crippen LogP contribution in [0.25, 0.3) is 28.0 Å². The predicted molar refractivity (Wildman–Crippen MR) is 103 cm³/mol. The molecule has 0 atom stereocenters. The van der Waals surface area contributed by atoms with Gasteiger partial charge in [0.25, 0.3) is 0 Å². The number of hydrogen-bond acceptors (Lipinski definition) is 8. The minimum atomic E-state index is 0.750. The molecule has 5 rings (SSSR count). The van der Waals surface area contributed by atoms with E-state index in [0.717, 1.165) is 38.9 Å². The molecular weight excluding hydrogens is 360 g/mol. The van der Waals surface area contributed by atoms with Crippen LogP contribution in [-0.2, 0) is 0 Å². The molecule has 0 aliphatic rings. The minimum absolute atomic E-state index is 0.750. The van der Waals surface area contributed by atoms with E-state index in [2.05, 4.69) is 35.6 Å². The highest BCUT2D eigenvalue weighted by atomic mass is 32.1. The molecule has 130 valence electrons. The van der Waals surface area contributed by atoms with Gasteiger partial charge in [-0.15, -0.1) is 10.2 Å². The summed E-state index contributed by atoms with van der Waals surface area (Å²) < 4.78 is 1.76. The number of anilines is 2. The van der Waals surface area contributed by atoms with E-state index in [1.54, 1.807) is 22.4 Å². The van der Waals surface area contributed by atoms with Crippen LogP contribution in [0.4, 0.5) is 10.8 Å². The Morgan fingerprint density at radius 2 is 2.04 bits per heavy atom. The van der Waals surface area contributed by atoms with Gasteiger partial charge < -0.3 is 5.32 Å². The Kier molecular flexibility index (Phi) is 3.76. The second kappa shape index (κ2) is 6.54. The maximum atomic E-state index is 4.60. The summed E-state index contributed by atoms with van der Waals surface area (Å²) in [5, 5.41) is 16.3. The maximum absolute atomic E-state index is 4.60. The van der Waals surface area contributed by atoms with Crippen LogP contribution in [0.1, 0.15) is 0 Å². The van der Waals surface area contributed by atoms with E-state index in [9.17, 15) is 0 Å². The van der Waals surface area contributed by atoms with E-state index < -0.39 is 0 Å². The average Bonchev–Trinajstić information content (AvgIpc) is 3.38. The molecule has 0 saturated carbocycles. The van der Waals surface area contributed by atoms with Crippen molar-refractivity contribution in [1.29, 1.82) is 0 Å². The van der Waals surface area contributed by atoms with Crippen molar-refractivity contribution in [2.45, 2.75) is 0 Å². The highest BCUT2D eigenvalue weighted by Gasteiger charge is 2.10. The molecule has 9 heteroatoms. The Balaban J connectivity index is 1.52. The third-order valence-electron chi connectivity index (χ3n) is 4.02. The van der Waals surface area contributed by atoms with Crippen LogP contribution < -0.4 is 5.32 Å². The molecule has 4 aromatic heterocycles. The fraction of sp³-hybridized carbons (Fsp3) is 0. The van der Waals surface area contributed by atoms with Gasteiger partial charge in [-0.3, -0.25) is 0 Å². The minimum Gasteiger partial charge on any atom is -0.330 e. The van der Waals surface area contributed by atoms with Crippen LogP contribution in [0.5, 0.6) is 0 Å². The molecule has 27 heavy (non-hydrogen) atoms. The van der Waals surface area contributed by atoms with E-state index in [1.165, 1.54) is 17.7 Å². The number of rotatable bonds is 4. The first kappa shape index (κ1) is 15.5. The molecule has 0 amide bonds. The lowest BCUT2D eigenvalue weighted by Crippen LogP contribution is -1.94. The van der Waals surface area contributed by atoms with E-state index in [-0.39, 0.29) is 0 Å². The molecule has 1 N–H and O–H groups in total. The van der Waals surface area contributed by atoms with E-state index in [0.29, 0.717) is 0 Å². The molecular formula is C18H12N8S. The van der Waals surface area contributed by atoms with Crippen molar-refractivity contribution >= 4 is 27.8 Å². The van der Waals surface area contributed by atoms with Gasteiger partial charge in [-0.05, 0) is 23.8 Å². The van der Waals surface area contributed by atoms with Crippen molar-refractivity contribution in [1.82, 2.24) is 34.8 Å². The van der Waals surface area contributed by atoms with Crippen molar-refractivity contribution in [2.75, 3.05) is 5.32 Å². The third kappa shape index (κ3) is 3.00. The molecule has 8 nitrogen and oxygen atoms in total. The Hall–Kier alpha value is -3.72. The summed E-state index contributed by atoms with van der Waals surface area (Å²) in [6, 6.07) is 9.88. The Morgan fingerprint density at radius 3 is 2.89 bits per heavy atom. The lowest BCUT2D eigenvalue weighted by Gasteiger charge is -2.05. The highest BCUT2D eigenvalue weighted by Crippen LogP contribution is 2.28. The Labute approximate surface area is 157 Å². The third-order valence-corrected chi connectivity index (χ3v) is 4.63. The lowest BCUT2D eigenvalue weighted by atomic mass is 10.1. The summed E-state index contributed by atoms with van der Waals surface area (Å²) in [5.74, 6) is 0. The molecule has 5 aromatic rings. The van der Waals surface area contributed by atoms with Gasteiger partial charge in [-0.25, -0.2) is 19.5 Å². The first-order valence-corrected chi connectivity index (χ1v) is 8.98. The second-order valence-corrected chi connectivity index (χ2v) is 6.55. The number of benzene rings is 1. The fourth-order valence-corrected chi connectivity index (χ4v) is 3.25. The van der Waals surface area contributed by atoms with Crippen molar-refractivity contribution in [3.05, 3.63) is 67.0 Å². The van der Waals surface area contributed by atoms with Crippen LogP contribution >= 0.6 is 11.3 Å². The van der Waals surface area contributed by atoms with Gasteiger partial charge in [0.15, 0.2) is 5.65 Å². The normalized spacial score (nSPS) is 11.0. The predicted octanol–water partition coefficient (Wildman–Crippen LogP) is 3.45. The molecule has 0 fully saturated rings. The summed E-state index contributed by atoms with van der Waals surface area (Å²) in [7, 11) is 0. The zero-order valence-corrected chi connectivity index (χ0v) is 14.7. The van der Waals surface area contributed by atoms with Crippen molar-refractivity contribution in [3.8, 4) is 22.4 Å². The topological polar surface area (TPSA) is 93.8 Å². The van der Waals surface area contributed by atoms with Crippen LogP contribution in [-0.4, -0.2) is 34.8 Å². The number of nitrogens with zero attached hydrogens (tertiary/aromatic N) is 7. The van der Waals surface area contributed by atoms with E-state index in [4.69, 9.17) is 0 Å². The molecule has 0 aliphatic carbocycles. The monoisotopic (exact) mass is 372 g/mol. The molecule has 0 unspecified atom stereocenters. The summed E-state index contributed by atoms with van der Waals surface area (Å²) in [6.07, 6.45) is 8.75. The van der Waals surface area contributed by atoms with E-state index in [1.807, 2.05) is 42.7 Å². The summed E-state index contributed by atoms with van der Waals surface area (Å²) in [4.78, 5) is 12.8. The SMILES string of the molecule is c1cc(Nc2nncs2)cc(-c2cnn3cc(-c4ccncn4)cnc23)c1. The molecule has 0 aliphatic heterocycles. The number of fused-ring (bicyclic) bond motifs is 1. The maximum Gasteiger partial charge on any atom is 0.209 e. The summed E-state index contributed by atoms with van der Waals surface area (Å²) in [5.41, 5.74) is 7.05. The summed E-state index contributed by atoms with van der Waals surface area (Å²) >= 11 is 1.45. The molecule has 0 bridgehead atoms. The standard InChI is InChI=1S/C18H12N8S/c1-2-12(6-14(3-1)24-18-25-22-11-27-18)15-8-23-26-9-13(7-20-17(15)26)16-4-5-19-10-21-16/h1-11H,(H,24,25). The Morgan fingerprint density at radius 1 is 1.04 bits per heavy atom. The van der Waals surface area contributed by atoms with Crippen LogP contribution in [0.15, 0.2) is 67.0 Å². The van der Waals surface area contributed by atoms with Gasteiger partial charge >= 0.3 is 0 Å². The molecule has 0 radical (unpaired) electrons. The van der Waals surface area contributed by atoms with Crippen molar-refractivity contribution in [2.24, 2.45) is 0 Å². The van der Waals surface area contributed by atoms with Crippen LogP contribution in [0, 0.1) is 0 Å². The van der Waals surface area contributed by atoms with Gasteiger partial charge in [-0.2, -0.15) is 5.10 Å². The van der Waals surface area contributed by atoms with Crippen molar-refractivity contribution < 1.29 is 0 Å². The van der Waals surface area contributed by atoms with Crippen molar-refractivity contribution in [3.63, 3.8) is 0 Å². The van der Waals surface area contributed by atoms with Gasteiger partial charge in [0.2, 0.25) is 5.13 Å². The largest absolute Gasteiger partial charge is 0.330 e. The fourth-order valence-electron chi connectivity index (χ4n) is 2.79. The highest BCUT2D eigenvalue weighted by molar-refractivity contribution is 7.13. The average molecular weight is 372 g/mol. The molecule has 0 spiro atoms. The Bertz CT molecular complexity index is 1200. The number of aromatic nitrogens is 7. The lowest BCUT2D eigenvalue weighted by molar-refractivity contribution is 0.939. The zero-order valence-electron chi connectivity index (χ0n) is 13.9. The van der Waals surface area contributed by atoms with Gasteiger partial charge in [0.1, 0.15) is 11.8 Å². The second-order valence-electron chi connectivity index (χ2n) is 5.71. The van der Waals surface area contributed by atoms with Gasteiger partial charge in [0, 0.05) is 35.4 Å². The van der Waals surface area contributed by atoms with Crippen LogP contribution in [0.3, 0.4) is 0 Å². The van der Waals surface area contributed by atoms with Crippen LogP contribution in [0.2, 0.25) is 0 Å². The zero-order chi connectivity index (χ0) is 18.1. The number of hydrogen-bond donors (Lipinski definition) is 1. The quantitative estimate of drug-likeness (QED) is 0.516. The summed E-state index contributed by atoms with van der Waals surface area (Å²) in [6.45, 7) is 0. The molecule has 1 aromatic carbocycles. The molecule has 4 heterocycles. The van der Waals surface area contributed by atoms with Gasteiger partial charge in [-0.1, -0.05) is 23.5 Å².